The maximum atomic E-state index is 13.5. The normalized spacial score (nSPS) is 11.7. The van der Waals surface area contributed by atoms with Gasteiger partial charge in [-0.3, -0.25) is 19.4 Å². The number of hydrogen-bond donors (Lipinski definition) is 1. The van der Waals surface area contributed by atoms with Crippen molar-refractivity contribution in [3.63, 3.8) is 0 Å². The highest BCUT2D eigenvalue weighted by atomic mass is 35.5. The first-order valence-corrected chi connectivity index (χ1v) is 11.6. The van der Waals surface area contributed by atoms with E-state index in [1.165, 1.54) is 42.7 Å². The van der Waals surface area contributed by atoms with Crippen LogP contribution < -0.4 is 16.0 Å². The number of rotatable bonds is 10. The summed E-state index contributed by atoms with van der Waals surface area (Å²) in [7, 11) is 0. The zero-order chi connectivity index (χ0) is 28.1. The predicted octanol–water partition coefficient (Wildman–Crippen LogP) is 3.72. The lowest BCUT2D eigenvalue weighted by Gasteiger charge is -2.21. The number of benzene rings is 1. The number of alkyl halides is 2. The van der Waals surface area contributed by atoms with E-state index in [0.717, 1.165) is 23.2 Å². The van der Waals surface area contributed by atoms with Crippen molar-refractivity contribution in [2.24, 2.45) is 5.73 Å². The molecule has 10 nitrogen and oxygen atoms in total. The fraction of sp³-hybridized carbons (Fsp3) is 0.154. The number of hydrogen-bond acceptors (Lipinski definition) is 8. The van der Waals surface area contributed by atoms with Crippen LogP contribution in [0.3, 0.4) is 0 Å². The maximum absolute atomic E-state index is 13.5. The third kappa shape index (κ3) is 6.34. The standard InChI is InChI=1S/C26H18ClF2N5O5/c27-16-3-2-15(9-30)18(6-16)19-8-24(36)34(12-23(19)39-26(28)29)21(7-17-11-32-13-38-17)22(35)5-14-1-4-20(25(31)37)33-10-14/h1-4,6,8,10-13,21,26H,5,7H2,(H2,31,37). The van der Waals surface area contributed by atoms with Gasteiger partial charge in [0.1, 0.15) is 23.2 Å². The fourth-order valence-corrected chi connectivity index (χ4v) is 4.08. The molecule has 3 heterocycles. The molecule has 0 aliphatic heterocycles. The molecule has 1 aromatic carbocycles. The second-order valence-electron chi connectivity index (χ2n) is 8.22. The van der Waals surface area contributed by atoms with Crippen molar-refractivity contribution in [1.82, 2.24) is 14.5 Å². The van der Waals surface area contributed by atoms with Gasteiger partial charge in [0, 0.05) is 41.3 Å². The summed E-state index contributed by atoms with van der Waals surface area (Å²) < 4.78 is 37.8. The van der Waals surface area contributed by atoms with Gasteiger partial charge < -0.3 is 19.5 Å². The van der Waals surface area contributed by atoms with Gasteiger partial charge in [-0.05, 0) is 29.8 Å². The van der Waals surface area contributed by atoms with E-state index in [1.807, 2.05) is 6.07 Å². The van der Waals surface area contributed by atoms with Crippen LogP contribution in [0, 0.1) is 11.3 Å². The molecule has 0 aliphatic carbocycles. The monoisotopic (exact) mass is 553 g/mol. The molecular weight excluding hydrogens is 536 g/mol. The first kappa shape index (κ1) is 27.2. The van der Waals surface area contributed by atoms with Crippen molar-refractivity contribution < 1.29 is 27.5 Å². The number of carbonyl (C=O) groups excluding carboxylic acids is 2. The van der Waals surface area contributed by atoms with Gasteiger partial charge in [0.15, 0.2) is 12.2 Å². The van der Waals surface area contributed by atoms with Crippen LogP contribution in [0.4, 0.5) is 8.78 Å². The number of carbonyl (C=O) groups is 2. The first-order valence-electron chi connectivity index (χ1n) is 11.2. The molecule has 4 aromatic rings. The maximum Gasteiger partial charge on any atom is 0.387 e. The summed E-state index contributed by atoms with van der Waals surface area (Å²) in [5, 5.41) is 9.70. The molecule has 1 amide bonds. The van der Waals surface area contributed by atoms with Gasteiger partial charge in [-0.2, -0.15) is 14.0 Å². The number of aromatic nitrogens is 3. The predicted molar refractivity (Wildman–Crippen MR) is 133 cm³/mol. The number of pyridine rings is 2. The Balaban J connectivity index is 1.80. The number of oxazole rings is 1. The molecule has 0 radical (unpaired) electrons. The first-order chi connectivity index (χ1) is 18.7. The number of Topliss-reactive ketones (excluding diaryl/α,β-unsaturated/α-hetero) is 1. The zero-order valence-electron chi connectivity index (χ0n) is 19.9. The average molecular weight is 554 g/mol. The van der Waals surface area contributed by atoms with E-state index in [-0.39, 0.29) is 46.0 Å². The van der Waals surface area contributed by atoms with Gasteiger partial charge in [-0.25, -0.2) is 4.98 Å². The Morgan fingerprint density at radius 2 is 1.97 bits per heavy atom. The van der Waals surface area contributed by atoms with Crippen LogP contribution in [0.2, 0.25) is 5.02 Å². The zero-order valence-corrected chi connectivity index (χ0v) is 20.6. The molecule has 198 valence electrons. The van der Waals surface area contributed by atoms with E-state index in [1.54, 1.807) is 0 Å². The molecular formula is C26H18ClF2N5O5. The summed E-state index contributed by atoms with van der Waals surface area (Å²) in [4.78, 5) is 45.8. The summed E-state index contributed by atoms with van der Waals surface area (Å²) in [6, 6.07) is 8.68. The molecule has 1 atom stereocenters. The second kappa shape index (κ2) is 11.7. The van der Waals surface area contributed by atoms with Crippen molar-refractivity contribution in [3.05, 3.63) is 99.3 Å². The van der Waals surface area contributed by atoms with Crippen LogP contribution in [0.25, 0.3) is 11.1 Å². The summed E-state index contributed by atoms with van der Waals surface area (Å²) in [6.45, 7) is -3.28. The quantitative estimate of drug-likeness (QED) is 0.311. The molecule has 2 N–H and O–H groups in total. The number of ether oxygens (including phenoxy) is 1. The lowest BCUT2D eigenvalue weighted by atomic mass is 9.98. The van der Waals surface area contributed by atoms with E-state index < -0.39 is 35.7 Å². The van der Waals surface area contributed by atoms with Crippen LogP contribution in [0.15, 0.2) is 70.6 Å². The van der Waals surface area contributed by atoms with Gasteiger partial charge in [0.2, 0.25) is 0 Å². The Bertz CT molecular complexity index is 1620. The molecule has 4 rings (SSSR count). The molecule has 39 heavy (non-hydrogen) atoms. The van der Waals surface area contributed by atoms with E-state index in [0.29, 0.717) is 5.56 Å². The van der Waals surface area contributed by atoms with Crippen molar-refractivity contribution >= 4 is 23.3 Å². The van der Waals surface area contributed by atoms with Crippen LogP contribution in [-0.2, 0) is 17.6 Å². The topological polar surface area (TPSA) is 154 Å². The van der Waals surface area contributed by atoms with E-state index >= 15 is 0 Å². The van der Waals surface area contributed by atoms with Gasteiger partial charge in [0.05, 0.1) is 24.0 Å². The smallest absolute Gasteiger partial charge is 0.387 e. The summed E-state index contributed by atoms with van der Waals surface area (Å²) in [5.74, 6) is -1.44. The van der Waals surface area contributed by atoms with E-state index in [2.05, 4.69) is 9.97 Å². The van der Waals surface area contributed by atoms with Crippen molar-refractivity contribution in [1.29, 1.82) is 5.26 Å². The molecule has 13 heteroatoms. The van der Waals surface area contributed by atoms with Gasteiger partial charge in [-0.15, -0.1) is 0 Å². The van der Waals surface area contributed by atoms with Gasteiger partial charge in [0.25, 0.3) is 11.5 Å². The SMILES string of the molecule is N#Cc1ccc(Cl)cc1-c1cc(=O)n(C(Cc2cnco2)C(=O)Cc2ccc(C(N)=O)nc2)cc1OC(F)F. The number of primary amides is 1. The Morgan fingerprint density at radius 1 is 1.18 bits per heavy atom. The summed E-state index contributed by atoms with van der Waals surface area (Å²) in [6.07, 6.45) is 4.41. The average Bonchev–Trinajstić information content (AvgIpc) is 3.41. The van der Waals surface area contributed by atoms with Gasteiger partial charge in [-0.1, -0.05) is 17.7 Å². The lowest BCUT2D eigenvalue weighted by molar-refractivity contribution is -0.121. The highest BCUT2D eigenvalue weighted by Gasteiger charge is 2.26. The third-order valence-electron chi connectivity index (χ3n) is 5.69. The minimum atomic E-state index is -3.28. The largest absolute Gasteiger partial charge is 0.448 e. The van der Waals surface area contributed by atoms with Crippen LogP contribution in [0.1, 0.15) is 33.4 Å². The Hall–Kier alpha value is -4.89. The van der Waals surface area contributed by atoms with Crippen LogP contribution in [-0.4, -0.2) is 32.8 Å². The van der Waals surface area contributed by atoms with Crippen molar-refractivity contribution in [2.75, 3.05) is 0 Å². The number of nitriles is 1. The second-order valence-corrected chi connectivity index (χ2v) is 8.66. The highest BCUT2D eigenvalue weighted by Crippen LogP contribution is 2.34. The Kier molecular flexibility index (Phi) is 8.12. The number of halogens is 3. The molecule has 0 saturated heterocycles. The highest BCUT2D eigenvalue weighted by molar-refractivity contribution is 6.31. The van der Waals surface area contributed by atoms with Crippen LogP contribution in [0.5, 0.6) is 5.75 Å². The lowest BCUT2D eigenvalue weighted by Crippen LogP contribution is -2.32. The van der Waals surface area contributed by atoms with E-state index in [4.69, 9.17) is 26.5 Å². The molecule has 0 aliphatic rings. The van der Waals surface area contributed by atoms with Crippen LogP contribution >= 0.6 is 11.6 Å². The number of ketones is 1. The van der Waals surface area contributed by atoms with Crippen molar-refractivity contribution in [3.8, 4) is 22.9 Å². The third-order valence-corrected chi connectivity index (χ3v) is 5.93. The summed E-state index contributed by atoms with van der Waals surface area (Å²) in [5.41, 5.74) is 4.94. The molecule has 0 saturated carbocycles. The Morgan fingerprint density at radius 3 is 2.59 bits per heavy atom. The molecule has 0 spiro atoms. The minimum absolute atomic E-state index is 0.00256. The fourth-order valence-electron chi connectivity index (χ4n) is 3.90. The number of amides is 1. The van der Waals surface area contributed by atoms with Crippen molar-refractivity contribution in [2.45, 2.75) is 25.5 Å². The number of nitrogens with two attached hydrogens (primary N) is 1. The molecule has 0 bridgehead atoms. The Labute approximate surface area is 224 Å². The van der Waals surface area contributed by atoms with E-state index in [9.17, 15) is 28.4 Å². The minimum Gasteiger partial charge on any atom is -0.448 e. The summed E-state index contributed by atoms with van der Waals surface area (Å²) >= 11 is 6.05. The van der Waals surface area contributed by atoms with Gasteiger partial charge >= 0.3 is 6.61 Å². The number of nitrogens with zero attached hydrogens (tertiary/aromatic N) is 4. The molecule has 3 aromatic heterocycles. The molecule has 1 unspecified atom stereocenters. The molecule has 0 fully saturated rings.